The van der Waals surface area contributed by atoms with E-state index in [0.717, 1.165) is 24.7 Å². The van der Waals surface area contributed by atoms with Crippen LogP contribution in [0.15, 0.2) is 0 Å². The average Bonchev–Trinajstić information content (AvgIpc) is 2.25. The quantitative estimate of drug-likeness (QED) is 0.735. The maximum atomic E-state index is 10.1. The highest BCUT2D eigenvalue weighted by molar-refractivity contribution is 5.37. The van der Waals surface area contributed by atoms with E-state index in [2.05, 4.69) is 4.74 Å². The van der Waals surface area contributed by atoms with Gasteiger partial charge in [0.1, 0.15) is 0 Å². The summed E-state index contributed by atoms with van der Waals surface area (Å²) in [6, 6.07) is 0. The molecule has 3 unspecified atom stereocenters. The fourth-order valence-corrected chi connectivity index (χ4v) is 4.08. The largest absolute Gasteiger partial charge is 0.465 e. The Morgan fingerprint density at radius 3 is 2.11 bits per heavy atom. The zero-order valence-corrected chi connectivity index (χ0v) is 11.2. The molecule has 0 aliphatic heterocycles. The lowest BCUT2D eigenvalue weighted by Crippen LogP contribution is -2.60. The molecule has 0 saturated heterocycles. The van der Waals surface area contributed by atoms with Gasteiger partial charge in [-0.05, 0) is 63.7 Å². The molecule has 0 radical (unpaired) electrons. The molecule has 3 atom stereocenters. The first kappa shape index (κ1) is 13.8. The van der Waals surface area contributed by atoms with Crippen LogP contribution in [0.1, 0.15) is 46.0 Å². The molecule has 0 spiro atoms. The molecule has 4 nitrogen and oxygen atoms in total. The molecule has 4 fully saturated rings. The fourth-order valence-electron chi connectivity index (χ4n) is 4.08. The van der Waals surface area contributed by atoms with Crippen LogP contribution in [0.3, 0.4) is 0 Å². The van der Waals surface area contributed by atoms with Gasteiger partial charge < -0.3 is 14.9 Å². The Balaban J connectivity index is 0.000000174. The number of carbonyl (C=O) groups excluding carboxylic acids is 1. The van der Waals surface area contributed by atoms with Crippen LogP contribution in [0, 0.1) is 17.8 Å². The predicted octanol–water partition coefficient (Wildman–Crippen LogP) is 1.49. The fraction of sp³-hybridized carbons (Fsp3) is 0.929. The molecule has 4 aliphatic carbocycles. The summed E-state index contributed by atoms with van der Waals surface area (Å²) >= 11 is 0. The van der Waals surface area contributed by atoms with E-state index in [4.69, 9.17) is 0 Å². The molecule has 104 valence electrons. The molecule has 4 aliphatic rings. The van der Waals surface area contributed by atoms with Crippen molar-refractivity contribution in [2.45, 2.75) is 63.8 Å². The zero-order chi connectivity index (χ0) is 13.3. The van der Waals surface area contributed by atoms with Crippen molar-refractivity contribution >= 4 is 6.47 Å². The van der Waals surface area contributed by atoms with Crippen LogP contribution in [0.4, 0.5) is 0 Å². The van der Waals surface area contributed by atoms with E-state index in [0.29, 0.717) is 12.4 Å². The Kier molecular flexibility index (Phi) is 3.97. The zero-order valence-electron chi connectivity index (χ0n) is 11.2. The Bertz CT molecular complexity index is 288. The van der Waals surface area contributed by atoms with E-state index in [1.807, 2.05) is 0 Å². The van der Waals surface area contributed by atoms with E-state index in [9.17, 15) is 15.0 Å². The Morgan fingerprint density at radius 2 is 1.78 bits per heavy atom. The molecule has 0 aromatic rings. The molecule has 4 rings (SSSR count). The molecule has 4 saturated carbocycles. The Morgan fingerprint density at radius 1 is 1.22 bits per heavy atom. The highest BCUT2D eigenvalue weighted by Crippen LogP contribution is 2.55. The summed E-state index contributed by atoms with van der Waals surface area (Å²) in [7, 11) is 0. The molecular formula is C14H24O4. The van der Waals surface area contributed by atoms with Crippen LogP contribution >= 0.6 is 0 Å². The molecule has 18 heavy (non-hydrogen) atoms. The van der Waals surface area contributed by atoms with Crippen LogP contribution in [0.25, 0.3) is 0 Å². The van der Waals surface area contributed by atoms with Gasteiger partial charge in [-0.2, -0.15) is 0 Å². The summed E-state index contributed by atoms with van der Waals surface area (Å²) in [6.45, 7) is 4.05. The number of hydrogen-bond acceptors (Lipinski definition) is 4. The normalized spacial score (nSPS) is 44.5. The van der Waals surface area contributed by atoms with E-state index in [1.54, 1.807) is 13.8 Å². The lowest BCUT2D eigenvalue weighted by atomic mass is 9.53. The summed E-state index contributed by atoms with van der Waals surface area (Å²) in [5, 5.41) is 20.0. The Hall–Kier alpha value is -0.610. The van der Waals surface area contributed by atoms with Crippen molar-refractivity contribution in [3.63, 3.8) is 0 Å². The van der Waals surface area contributed by atoms with Crippen LogP contribution in [-0.4, -0.2) is 34.5 Å². The van der Waals surface area contributed by atoms with Crippen molar-refractivity contribution < 1.29 is 19.7 Å². The first-order chi connectivity index (χ1) is 8.44. The van der Waals surface area contributed by atoms with Crippen molar-refractivity contribution in [1.29, 1.82) is 0 Å². The molecule has 0 amide bonds. The summed E-state index contributed by atoms with van der Waals surface area (Å²) in [5.74, 6) is 1.85. The van der Waals surface area contributed by atoms with E-state index < -0.39 is 11.7 Å². The van der Waals surface area contributed by atoms with E-state index >= 15 is 0 Å². The maximum absolute atomic E-state index is 10.1. The van der Waals surface area contributed by atoms with Crippen molar-refractivity contribution in [1.82, 2.24) is 0 Å². The number of hydrogen-bond donors (Lipinski definition) is 2. The predicted molar refractivity (Wildman–Crippen MR) is 66.8 cm³/mol. The van der Waals surface area contributed by atoms with Crippen molar-refractivity contribution in [3.8, 4) is 0 Å². The second-order valence-corrected chi connectivity index (χ2v) is 6.44. The van der Waals surface area contributed by atoms with Crippen LogP contribution in [0.5, 0.6) is 0 Å². The van der Waals surface area contributed by atoms with Crippen molar-refractivity contribution in [3.05, 3.63) is 0 Å². The lowest BCUT2D eigenvalue weighted by Gasteiger charge is -2.57. The molecule has 0 aromatic carbocycles. The maximum Gasteiger partial charge on any atom is 0.293 e. The second-order valence-electron chi connectivity index (χ2n) is 6.44. The van der Waals surface area contributed by atoms with Gasteiger partial charge in [0.2, 0.25) is 0 Å². The molecule has 4 heteroatoms. The van der Waals surface area contributed by atoms with Crippen LogP contribution in [0.2, 0.25) is 0 Å². The monoisotopic (exact) mass is 256 g/mol. The summed E-state index contributed by atoms with van der Waals surface area (Å²) in [5.41, 5.74) is -0.686. The van der Waals surface area contributed by atoms with Gasteiger partial charge >= 0.3 is 0 Å². The van der Waals surface area contributed by atoms with Crippen LogP contribution in [-0.2, 0) is 9.53 Å². The number of rotatable bonds is 2. The minimum absolute atomic E-state index is 0.0301. The van der Waals surface area contributed by atoms with Gasteiger partial charge in [-0.15, -0.1) is 0 Å². The molecule has 0 aromatic heterocycles. The average molecular weight is 256 g/mol. The SMILES string of the molecule is CC(C)OC=O.OC1C2CC3CC(C2)CC1(O)C3. The topological polar surface area (TPSA) is 66.8 Å². The minimum atomic E-state index is -0.686. The highest BCUT2D eigenvalue weighted by Gasteiger charge is 2.55. The highest BCUT2D eigenvalue weighted by atomic mass is 16.5. The van der Waals surface area contributed by atoms with Gasteiger partial charge in [-0.3, -0.25) is 4.79 Å². The van der Waals surface area contributed by atoms with Crippen LogP contribution < -0.4 is 0 Å². The van der Waals surface area contributed by atoms with Gasteiger partial charge in [0.15, 0.2) is 0 Å². The van der Waals surface area contributed by atoms with Gasteiger partial charge in [-0.1, -0.05) is 0 Å². The third-order valence-electron chi connectivity index (χ3n) is 4.55. The van der Waals surface area contributed by atoms with Crippen molar-refractivity contribution in [2.75, 3.05) is 0 Å². The van der Waals surface area contributed by atoms with E-state index in [1.165, 1.54) is 19.3 Å². The van der Waals surface area contributed by atoms with Gasteiger partial charge in [-0.25, -0.2) is 0 Å². The molecule has 2 N–H and O–H groups in total. The smallest absolute Gasteiger partial charge is 0.293 e. The van der Waals surface area contributed by atoms with Gasteiger partial charge in [0.05, 0.1) is 17.8 Å². The lowest BCUT2D eigenvalue weighted by molar-refractivity contribution is -0.203. The van der Waals surface area contributed by atoms with Crippen molar-refractivity contribution in [2.24, 2.45) is 17.8 Å². The summed E-state index contributed by atoms with van der Waals surface area (Å²) in [6.07, 6.45) is 4.99. The standard InChI is InChI=1S/C10H16O2.C4H8O2/c11-9-8-2-6-1-7(3-8)5-10(9,12)4-6;1-4(2)6-3-5/h6-9,11-12H,1-5H2;3-4H,1-2H3. The number of carbonyl (C=O) groups is 1. The number of ether oxygens (including phenoxy) is 1. The minimum Gasteiger partial charge on any atom is -0.465 e. The van der Waals surface area contributed by atoms with Gasteiger partial charge in [0.25, 0.3) is 6.47 Å². The Labute approximate surface area is 108 Å². The molecule has 4 bridgehead atoms. The molecular weight excluding hydrogens is 232 g/mol. The summed E-state index contributed by atoms with van der Waals surface area (Å²) < 4.78 is 4.36. The second kappa shape index (κ2) is 5.17. The first-order valence-electron chi connectivity index (χ1n) is 6.94. The first-order valence-corrected chi connectivity index (χ1v) is 6.94. The third kappa shape index (κ3) is 2.69. The summed E-state index contributed by atoms with van der Waals surface area (Å²) in [4.78, 5) is 9.39. The van der Waals surface area contributed by atoms with Gasteiger partial charge in [0, 0.05) is 0 Å². The third-order valence-corrected chi connectivity index (χ3v) is 4.55. The number of aliphatic hydroxyl groups excluding tert-OH is 1. The van der Waals surface area contributed by atoms with E-state index in [-0.39, 0.29) is 6.10 Å². The molecule has 0 heterocycles. The number of aliphatic hydroxyl groups is 2.